The predicted molar refractivity (Wildman–Crippen MR) is 144 cm³/mol. The minimum Gasteiger partial charge on any atom is -0.309 e. The van der Waals surface area contributed by atoms with Crippen molar-refractivity contribution in [1.29, 1.82) is 5.26 Å². The zero-order chi connectivity index (χ0) is 23.9. The van der Waals surface area contributed by atoms with E-state index in [9.17, 15) is 5.26 Å². The Morgan fingerprint density at radius 1 is 0.657 bits per heavy atom. The molecular formula is C32H23N3. The largest absolute Gasteiger partial charge is 0.309 e. The lowest BCUT2D eigenvalue weighted by Crippen LogP contribution is -2.00. The summed E-state index contributed by atoms with van der Waals surface area (Å²) in [7, 11) is 0. The maximum Gasteiger partial charge on any atom is 0.0998 e. The van der Waals surface area contributed by atoms with Gasteiger partial charge >= 0.3 is 0 Å². The molecule has 0 fully saturated rings. The number of nitrogens with zero attached hydrogens (tertiary/aromatic N) is 3. The first-order valence-electron chi connectivity index (χ1n) is 11.7. The average Bonchev–Trinajstić information content (AvgIpc) is 3.21. The third-order valence-corrected chi connectivity index (χ3v) is 6.65. The summed E-state index contributed by atoms with van der Waals surface area (Å²) in [6, 6.07) is 34.2. The summed E-state index contributed by atoms with van der Waals surface area (Å²) in [6.07, 6.45) is 3.54. The Morgan fingerprint density at radius 3 is 1.86 bits per heavy atom. The van der Waals surface area contributed by atoms with Gasteiger partial charge in [0.15, 0.2) is 0 Å². The molecule has 0 bridgehead atoms. The summed E-state index contributed by atoms with van der Waals surface area (Å²) < 4.78 is 2.36. The van der Waals surface area contributed by atoms with Crippen molar-refractivity contribution in [2.45, 2.75) is 13.8 Å². The van der Waals surface area contributed by atoms with Gasteiger partial charge < -0.3 is 4.57 Å². The molecule has 166 valence electrons. The van der Waals surface area contributed by atoms with Crippen LogP contribution in [-0.2, 0) is 0 Å². The zero-order valence-electron chi connectivity index (χ0n) is 19.7. The number of benzene rings is 4. The van der Waals surface area contributed by atoms with Crippen molar-refractivity contribution in [2.24, 2.45) is 0 Å². The predicted octanol–water partition coefficient (Wildman–Crippen LogP) is 8.00. The first-order valence-corrected chi connectivity index (χ1v) is 11.7. The van der Waals surface area contributed by atoms with Crippen LogP contribution in [-0.4, -0.2) is 9.55 Å². The molecule has 0 amide bonds. The second-order valence-electron chi connectivity index (χ2n) is 9.01. The minimum atomic E-state index is 0.645. The van der Waals surface area contributed by atoms with Crippen LogP contribution >= 0.6 is 0 Å². The Hall–Kier alpha value is -4.68. The highest BCUT2D eigenvalue weighted by molar-refractivity contribution is 6.10. The standard InChI is InChI=1S/C32H23N3/c1-21-8-10-26-27-11-9-22(2)17-31(27)35(30(26)16-21)32-19-28(24-12-14-34-15-13-24)25(20-33)18-29(32)23-6-4-3-5-7-23/h3-19H,1-2H3. The summed E-state index contributed by atoms with van der Waals surface area (Å²) in [5, 5.41) is 12.6. The first-order chi connectivity index (χ1) is 17.1. The highest BCUT2D eigenvalue weighted by Gasteiger charge is 2.19. The van der Waals surface area contributed by atoms with E-state index in [0.717, 1.165) is 39.0 Å². The lowest BCUT2D eigenvalue weighted by Gasteiger charge is -2.18. The van der Waals surface area contributed by atoms with Gasteiger partial charge in [0.25, 0.3) is 0 Å². The van der Waals surface area contributed by atoms with Gasteiger partial charge in [-0.05, 0) is 72.5 Å². The molecule has 0 N–H and O–H groups in total. The molecule has 0 radical (unpaired) electrons. The van der Waals surface area contributed by atoms with E-state index < -0.39 is 0 Å². The van der Waals surface area contributed by atoms with Crippen LogP contribution in [0, 0.1) is 25.2 Å². The molecule has 2 aromatic heterocycles. The quantitative estimate of drug-likeness (QED) is 0.275. The number of aromatic nitrogens is 2. The van der Waals surface area contributed by atoms with Gasteiger partial charge in [-0.25, -0.2) is 0 Å². The third-order valence-electron chi connectivity index (χ3n) is 6.65. The van der Waals surface area contributed by atoms with Crippen LogP contribution in [0.1, 0.15) is 16.7 Å². The summed E-state index contributed by atoms with van der Waals surface area (Å²) in [5.41, 5.74) is 10.4. The molecule has 6 aromatic rings. The summed E-state index contributed by atoms with van der Waals surface area (Å²) in [6.45, 7) is 4.26. The Bertz CT molecular complexity index is 1700. The molecule has 0 aliphatic heterocycles. The average molecular weight is 450 g/mol. The monoisotopic (exact) mass is 449 g/mol. The Balaban J connectivity index is 1.80. The van der Waals surface area contributed by atoms with Gasteiger partial charge in [0.2, 0.25) is 0 Å². The van der Waals surface area contributed by atoms with Crippen molar-refractivity contribution in [3.8, 4) is 34.0 Å². The molecule has 2 heterocycles. The van der Waals surface area contributed by atoms with E-state index in [0.29, 0.717) is 5.56 Å². The molecular weight excluding hydrogens is 426 g/mol. The van der Waals surface area contributed by atoms with Gasteiger partial charge in [-0.1, -0.05) is 54.6 Å². The van der Waals surface area contributed by atoms with Crippen LogP contribution in [0.3, 0.4) is 0 Å². The van der Waals surface area contributed by atoms with E-state index in [1.807, 2.05) is 36.4 Å². The van der Waals surface area contributed by atoms with Crippen LogP contribution in [0.15, 0.2) is 103 Å². The van der Waals surface area contributed by atoms with E-state index in [4.69, 9.17) is 0 Å². The Morgan fingerprint density at radius 2 is 1.26 bits per heavy atom. The molecule has 35 heavy (non-hydrogen) atoms. The van der Waals surface area contributed by atoms with Crippen LogP contribution < -0.4 is 0 Å². The number of aryl methyl sites for hydroxylation is 2. The van der Waals surface area contributed by atoms with Crippen molar-refractivity contribution in [3.63, 3.8) is 0 Å². The van der Waals surface area contributed by atoms with Crippen LogP contribution in [0.25, 0.3) is 49.7 Å². The number of hydrogen-bond donors (Lipinski definition) is 0. The number of nitriles is 1. The van der Waals surface area contributed by atoms with E-state index in [-0.39, 0.29) is 0 Å². The second kappa shape index (κ2) is 8.27. The lowest BCUT2D eigenvalue weighted by molar-refractivity contribution is 1.17. The molecule has 0 aliphatic carbocycles. The maximum absolute atomic E-state index is 10.1. The third kappa shape index (κ3) is 3.48. The van der Waals surface area contributed by atoms with Gasteiger partial charge in [0.05, 0.1) is 28.4 Å². The number of fused-ring (bicyclic) bond motifs is 3. The highest BCUT2D eigenvalue weighted by Crippen LogP contribution is 2.40. The van der Waals surface area contributed by atoms with Gasteiger partial charge in [0.1, 0.15) is 0 Å². The fourth-order valence-electron chi connectivity index (χ4n) is 4.98. The summed E-state index contributed by atoms with van der Waals surface area (Å²) >= 11 is 0. The molecule has 0 spiro atoms. The molecule has 0 saturated carbocycles. The zero-order valence-corrected chi connectivity index (χ0v) is 19.7. The van der Waals surface area contributed by atoms with Crippen LogP contribution in [0.5, 0.6) is 0 Å². The first kappa shape index (κ1) is 20.9. The van der Waals surface area contributed by atoms with Crippen LogP contribution in [0.2, 0.25) is 0 Å². The molecule has 0 unspecified atom stereocenters. The maximum atomic E-state index is 10.1. The summed E-state index contributed by atoms with van der Waals surface area (Å²) in [5.74, 6) is 0. The van der Waals surface area contributed by atoms with Crippen molar-refractivity contribution in [2.75, 3.05) is 0 Å². The molecule has 0 atom stereocenters. The van der Waals surface area contributed by atoms with Crippen molar-refractivity contribution in [3.05, 3.63) is 120 Å². The second-order valence-corrected chi connectivity index (χ2v) is 9.01. The molecule has 3 heteroatoms. The number of hydrogen-bond acceptors (Lipinski definition) is 2. The molecule has 0 aliphatic rings. The molecule has 6 rings (SSSR count). The SMILES string of the molecule is Cc1ccc2c3ccc(C)cc3n(-c3cc(-c4ccncc4)c(C#N)cc3-c3ccccc3)c2c1. The van der Waals surface area contributed by atoms with E-state index in [1.54, 1.807) is 12.4 Å². The van der Waals surface area contributed by atoms with Crippen molar-refractivity contribution < 1.29 is 0 Å². The Labute approximate surface area is 204 Å². The Kier molecular flexibility index (Phi) is 4.94. The lowest BCUT2D eigenvalue weighted by atomic mass is 9.94. The van der Waals surface area contributed by atoms with Gasteiger partial charge in [-0.3, -0.25) is 4.98 Å². The molecule has 4 aromatic carbocycles. The molecule has 3 nitrogen and oxygen atoms in total. The van der Waals surface area contributed by atoms with Crippen molar-refractivity contribution in [1.82, 2.24) is 9.55 Å². The smallest absolute Gasteiger partial charge is 0.0998 e. The van der Waals surface area contributed by atoms with Gasteiger partial charge in [0, 0.05) is 34.3 Å². The van der Waals surface area contributed by atoms with E-state index in [2.05, 4.69) is 84.1 Å². The summed E-state index contributed by atoms with van der Waals surface area (Å²) in [4.78, 5) is 4.18. The van der Waals surface area contributed by atoms with Crippen LogP contribution in [0.4, 0.5) is 0 Å². The van der Waals surface area contributed by atoms with Gasteiger partial charge in [-0.2, -0.15) is 5.26 Å². The number of pyridine rings is 1. The van der Waals surface area contributed by atoms with E-state index in [1.165, 1.54) is 21.9 Å². The topological polar surface area (TPSA) is 41.6 Å². The van der Waals surface area contributed by atoms with Gasteiger partial charge in [-0.15, -0.1) is 0 Å². The fraction of sp³-hybridized carbons (Fsp3) is 0.0625. The molecule has 0 saturated heterocycles. The van der Waals surface area contributed by atoms with Crippen molar-refractivity contribution >= 4 is 21.8 Å². The minimum absolute atomic E-state index is 0.645. The highest BCUT2D eigenvalue weighted by atomic mass is 15.0. The van der Waals surface area contributed by atoms with E-state index >= 15 is 0 Å². The number of rotatable bonds is 3. The fourth-order valence-corrected chi connectivity index (χ4v) is 4.98. The normalized spacial score (nSPS) is 11.1.